The number of carbonyl (C=O) groups is 1. The van der Waals surface area contributed by atoms with Crippen LogP contribution >= 0.6 is 20.8 Å². The Hall–Kier alpha value is -2.69. The number of hydrogen-bond donors (Lipinski definition) is 3. The van der Waals surface area contributed by atoms with Gasteiger partial charge in [-0.2, -0.15) is 0 Å². The van der Waals surface area contributed by atoms with E-state index in [1.807, 2.05) is 13.8 Å². The van der Waals surface area contributed by atoms with E-state index >= 15 is 0 Å². The van der Waals surface area contributed by atoms with Gasteiger partial charge in [0.25, 0.3) is 0 Å². The fraction of sp³-hybridized carbons (Fsp3) is 0.333. The van der Waals surface area contributed by atoms with Gasteiger partial charge in [0.15, 0.2) is 0 Å². The number of benzene rings is 3. The fourth-order valence-corrected chi connectivity index (χ4v) is 12.5. The number of nitrogens with zero attached hydrogens (tertiary/aromatic N) is 1. The molecule has 0 bridgehead atoms. The van der Waals surface area contributed by atoms with Crippen molar-refractivity contribution in [3.63, 3.8) is 0 Å². The molecule has 0 aliphatic rings. The van der Waals surface area contributed by atoms with Crippen LogP contribution in [0.15, 0.2) is 91.0 Å². The number of amides is 1. The van der Waals surface area contributed by atoms with E-state index in [2.05, 4.69) is 112 Å². The molecule has 37 heavy (non-hydrogen) atoms. The predicted octanol–water partition coefficient (Wildman–Crippen LogP) is 4.96. The van der Waals surface area contributed by atoms with Gasteiger partial charge in [0.2, 0.25) is 0 Å². The van der Waals surface area contributed by atoms with Gasteiger partial charge in [-0.05, 0) is 0 Å². The van der Waals surface area contributed by atoms with E-state index in [1.54, 1.807) is 11.9 Å². The van der Waals surface area contributed by atoms with Crippen LogP contribution in [-0.2, 0) is 4.79 Å². The van der Waals surface area contributed by atoms with Gasteiger partial charge in [-0.1, -0.05) is 0 Å². The number of nitrogens with one attached hydrogen (secondary N) is 2. The number of carbonyl (C=O) groups excluding carboxylic acids is 1. The summed E-state index contributed by atoms with van der Waals surface area (Å²) in [5, 5.41) is 11.7. The third-order valence-electron chi connectivity index (χ3n) is 7.27. The van der Waals surface area contributed by atoms with E-state index in [0.717, 1.165) is 19.0 Å². The second-order valence-electron chi connectivity index (χ2n) is 10.3. The molecule has 7 heteroatoms. The van der Waals surface area contributed by atoms with Gasteiger partial charge < -0.3 is 0 Å². The third kappa shape index (κ3) is 6.42. The minimum absolute atomic E-state index is 0.0163. The zero-order chi connectivity index (χ0) is 27.0. The Balaban J connectivity index is 1.78. The first-order valence-electron chi connectivity index (χ1n) is 12.8. The van der Waals surface area contributed by atoms with E-state index in [-0.39, 0.29) is 11.9 Å². The molecule has 0 radical (unpaired) electrons. The maximum atomic E-state index is 12.9. The standard InChI is InChI=1S/C30H40BrN4OP/c1-30(2,21-23-35(3)29(32)33)28(36)34-22-13-14-24-37(31,25-15-7-4-8-16-25,26-17-9-5-10-18-26)27-19-11-6-12-20-27/h4-12,15-20H,13-14,21-24H2,1-3H3,(H3,32,33)(H,34,36). The Bertz CT molecular complexity index is 1070. The van der Waals surface area contributed by atoms with Gasteiger partial charge >= 0.3 is 231 Å². The molecule has 3 aromatic rings. The SMILES string of the molecule is CN(CCC(C)(C)C(=O)NCCCCP(Br)(c1ccccc1)(c1ccccc1)c1ccccc1)C(=N)N. The normalized spacial score (nSPS) is 12.8. The van der Waals surface area contributed by atoms with Crippen LogP contribution in [0.3, 0.4) is 0 Å². The van der Waals surface area contributed by atoms with Gasteiger partial charge in [0.05, 0.1) is 0 Å². The molecule has 3 rings (SSSR count). The number of halogens is 1. The summed E-state index contributed by atoms with van der Waals surface area (Å²) in [6.07, 6.45) is 3.41. The Morgan fingerprint density at radius 1 is 0.892 bits per heavy atom. The van der Waals surface area contributed by atoms with Crippen LogP contribution in [-0.4, -0.2) is 43.1 Å². The van der Waals surface area contributed by atoms with Gasteiger partial charge in [0.1, 0.15) is 0 Å². The first-order valence-corrected chi connectivity index (χ1v) is 17.3. The molecule has 0 spiro atoms. The van der Waals surface area contributed by atoms with Crippen molar-refractivity contribution in [3.8, 4) is 0 Å². The molecule has 0 atom stereocenters. The number of rotatable bonds is 12. The van der Waals surface area contributed by atoms with Crippen LogP contribution < -0.4 is 27.0 Å². The van der Waals surface area contributed by atoms with Crippen molar-refractivity contribution in [1.29, 1.82) is 5.41 Å². The summed E-state index contributed by atoms with van der Waals surface area (Å²) in [6, 6.07) is 32.4. The summed E-state index contributed by atoms with van der Waals surface area (Å²) in [7, 11) is 1.77. The summed E-state index contributed by atoms with van der Waals surface area (Å²) in [5.41, 5.74) is 5.00. The van der Waals surface area contributed by atoms with Crippen molar-refractivity contribution in [3.05, 3.63) is 91.0 Å². The van der Waals surface area contributed by atoms with Crippen molar-refractivity contribution in [2.24, 2.45) is 11.1 Å². The van der Waals surface area contributed by atoms with E-state index in [1.165, 1.54) is 15.9 Å². The van der Waals surface area contributed by atoms with E-state index in [0.29, 0.717) is 19.5 Å². The number of nitrogens with two attached hydrogens (primary N) is 1. The number of unbranched alkanes of at least 4 members (excludes halogenated alkanes) is 1. The molecule has 5 nitrogen and oxygen atoms in total. The Morgan fingerprint density at radius 2 is 1.32 bits per heavy atom. The van der Waals surface area contributed by atoms with Crippen molar-refractivity contribution >= 4 is 48.6 Å². The molecule has 0 aromatic heterocycles. The average Bonchev–Trinajstić information content (AvgIpc) is 2.92. The van der Waals surface area contributed by atoms with Crippen LogP contribution in [0.25, 0.3) is 0 Å². The van der Waals surface area contributed by atoms with Crippen LogP contribution in [0, 0.1) is 10.8 Å². The number of guanidine groups is 1. The van der Waals surface area contributed by atoms with Gasteiger partial charge in [-0.25, -0.2) is 0 Å². The van der Waals surface area contributed by atoms with Crippen LogP contribution in [0.2, 0.25) is 0 Å². The maximum absolute atomic E-state index is 12.9. The monoisotopic (exact) mass is 582 g/mol. The van der Waals surface area contributed by atoms with Crippen molar-refractivity contribution < 1.29 is 4.79 Å². The quantitative estimate of drug-likeness (QED) is 0.122. The van der Waals surface area contributed by atoms with Crippen molar-refractivity contribution in [1.82, 2.24) is 10.2 Å². The van der Waals surface area contributed by atoms with Gasteiger partial charge in [-0.15, -0.1) is 0 Å². The van der Waals surface area contributed by atoms with E-state index in [4.69, 9.17) is 11.1 Å². The molecular weight excluding hydrogens is 543 g/mol. The van der Waals surface area contributed by atoms with Crippen molar-refractivity contribution in [2.75, 3.05) is 26.3 Å². The second kappa shape index (κ2) is 12.2. The Kier molecular flexibility index (Phi) is 9.55. The first-order chi connectivity index (χ1) is 17.6. The predicted molar refractivity (Wildman–Crippen MR) is 164 cm³/mol. The van der Waals surface area contributed by atoms with Crippen LogP contribution in [0.4, 0.5) is 0 Å². The molecule has 0 heterocycles. The van der Waals surface area contributed by atoms with Gasteiger partial charge in [0, 0.05) is 0 Å². The Morgan fingerprint density at radius 3 is 1.73 bits per heavy atom. The minimum atomic E-state index is -2.93. The zero-order valence-electron chi connectivity index (χ0n) is 22.2. The molecule has 0 unspecified atom stereocenters. The molecule has 1 amide bonds. The molecule has 4 N–H and O–H groups in total. The molecule has 0 aliphatic carbocycles. The third-order valence-corrected chi connectivity index (χ3v) is 17.3. The number of hydrogen-bond acceptors (Lipinski definition) is 2. The van der Waals surface area contributed by atoms with Crippen molar-refractivity contribution in [2.45, 2.75) is 33.1 Å². The molecule has 198 valence electrons. The first kappa shape index (κ1) is 28.9. The topological polar surface area (TPSA) is 82.2 Å². The van der Waals surface area contributed by atoms with Gasteiger partial charge in [-0.3, -0.25) is 0 Å². The summed E-state index contributed by atoms with van der Waals surface area (Å²) >= 11 is 4.49. The average molecular weight is 584 g/mol. The fourth-order valence-electron chi connectivity index (χ4n) is 4.71. The summed E-state index contributed by atoms with van der Waals surface area (Å²) < 4.78 is 0. The van der Waals surface area contributed by atoms with Crippen LogP contribution in [0.5, 0.6) is 0 Å². The van der Waals surface area contributed by atoms with Crippen LogP contribution in [0.1, 0.15) is 33.1 Å². The second-order valence-corrected chi connectivity index (χ2v) is 19.4. The van der Waals surface area contributed by atoms with E-state index < -0.39 is 10.7 Å². The molecular formula is C30H40BrN4OP. The molecule has 0 saturated carbocycles. The molecule has 3 aromatic carbocycles. The summed E-state index contributed by atoms with van der Waals surface area (Å²) in [6.45, 7) is 5.09. The summed E-state index contributed by atoms with van der Waals surface area (Å²) in [5.74, 6) is 0.0533. The molecule has 0 aliphatic heterocycles. The zero-order valence-corrected chi connectivity index (χ0v) is 24.6. The summed E-state index contributed by atoms with van der Waals surface area (Å²) in [4.78, 5) is 14.6. The molecule has 0 saturated heterocycles. The molecule has 0 fully saturated rings. The Labute approximate surface area is 230 Å². The van der Waals surface area contributed by atoms with E-state index in [9.17, 15) is 4.79 Å².